The standard InChI is InChI=1S/C13H11NO4S/c1-9-7-10(14(16)17)4-5-12(9)18-8-11(15)13-3-2-6-19-13/h2-7H,8H2,1H3. The van der Waals surface area contributed by atoms with Crippen LogP contribution in [0.1, 0.15) is 15.2 Å². The minimum Gasteiger partial charge on any atom is -0.485 e. The first-order valence-corrected chi connectivity index (χ1v) is 6.40. The Labute approximate surface area is 113 Å². The number of ether oxygens (including phenoxy) is 1. The molecule has 2 rings (SSSR count). The Bertz CT molecular complexity index is 607. The predicted octanol–water partition coefficient (Wildman–Crippen LogP) is 3.23. The van der Waals surface area contributed by atoms with Crippen LogP contribution in [-0.2, 0) is 0 Å². The Hall–Kier alpha value is -2.21. The van der Waals surface area contributed by atoms with Gasteiger partial charge in [0.1, 0.15) is 5.75 Å². The molecule has 0 aliphatic carbocycles. The quantitative estimate of drug-likeness (QED) is 0.478. The lowest BCUT2D eigenvalue weighted by molar-refractivity contribution is -0.384. The number of ketones is 1. The molecule has 0 radical (unpaired) electrons. The molecule has 0 amide bonds. The fraction of sp³-hybridized carbons (Fsp3) is 0.154. The number of carbonyl (C=O) groups excluding carboxylic acids is 1. The molecule has 0 saturated carbocycles. The number of nitrogens with zero attached hydrogens (tertiary/aromatic N) is 1. The second-order valence-electron chi connectivity index (χ2n) is 3.90. The highest BCUT2D eigenvalue weighted by Crippen LogP contribution is 2.23. The monoisotopic (exact) mass is 277 g/mol. The van der Waals surface area contributed by atoms with E-state index in [-0.39, 0.29) is 18.1 Å². The number of carbonyl (C=O) groups is 1. The molecule has 6 heteroatoms. The Kier molecular flexibility index (Phi) is 3.91. The molecular formula is C13H11NO4S. The van der Waals surface area contributed by atoms with Crippen LogP contribution in [0, 0.1) is 17.0 Å². The van der Waals surface area contributed by atoms with Crippen molar-refractivity contribution in [2.45, 2.75) is 6.92 Å². The van der Waals surface area contributed by atoms with Crippen molar-refractivity contribution >= 4 is 22.8 Å². The number of rotatable bonds is 5. The average Bonchev–Trinajstić information content (AvgIpc) is 2.90. The highest BCUT2D eigenvalue weighted by atomic mass is 32.1. The van der Waals surface area contributed by atoms with E-state index in [0.29, 0.717) is 16.2 Å². The third-order valence-electron chi connectivity index (χ3n) is 2.52. The van der Waals surface area contributed by atoms with Gasteiger partial charge in [-0.1, -0.05) is 6.07 Å². The molecular weight excluding hydrogens is 266 g/mol. The number of nitro benzene ring substituents is 1. The molecule has 2 aromatic rings. The summed E-state index contributed by atoms with van der Waals surface area (Å²) in [4.78, 5) is 22.5. The Morgan fingerprint density at radius 3 is 2.79 bits per heavy atom. The van der Waals surface area contributed by atoms with Gasteiger partial charge < -0.3 is 4.74 Å². The molecule has 1 heterocycles. The van der Waals surface area contributed by atoms with Crippen LogP contribution >= 0.6 is 11.3 Å². The molecule has 5 nitrogen and oxygen atoms in total. The van der Waals surface area contributed by atoms with E-state index in [9.17, 15) is 14.9 Å². The van der Waals surface area contributed by atoms with Crippen LogP contribution in [0.5, 0.6) is 5.75 Å². The molecule has 19 heavy (non-hydrogen) atoms. The van der Waals surface area contributed by atoms with Gasteiger partial charge in [-0.2, -0.15) is 0 Å². The Morgan fingerprint density at radius 1 is 1.42 bits per heavy atom. The van der Waals surface area contributed by atoms with Crippen molar-refractivity contribution in [2.24, 2.45) is 0 Å². The zero-order valence-electron chi connectivity index (χ0n) is 10.2. The maximum absolute atomic E-state index is 11.7. The molecule has 0 unspecified atom stereocenters. The molecule has 98 valence electrons. The van der Waals surface area contributed by atoms with Crippen molar-refractivity contribution in [3.8, 4) is 5.75 Å². The lowest BCUT2D eigenvalue weighted by Crippen LogP contribution is -2.10. The van der Waals surface area contributed by atoms with Crippen molar-refractivity contribution in [3.63, 3.8) is 0 Å². The van der Waals surface area contributed by atoms with Crippen LogP contribution in [-0.4, -0.2) is 17.3 Å². The molecule has 0 fully saturated rings. The summed E-state index contributed by atoms with van der Waals surface area (Å²) in [6.07, 6.45) is 0. The molecule has 0 aliphatic heterocycles. The van der Waals surface area contributed by atoms with Gasteiger partial charge in [0.15, 0.2) is 6.61 Å². The van der Waals surface area contributed by atoms with Gasteiger partial charge in [0.05, 0.1) is 9.80 Å². The molecule has 0 bridgehead atoms. The normalized spacial score (nSPS) is 10.2. The maximum Gasteiger partial charge on any atom is 0.269 e. The number of thiophene rings is 1. The summed E-state index contributed by atoms with van der Waals surface area (Å²) in [5.74, 6) is 0.378. The van der Waals surface area contributed by atoms with Crippen molar-refractivity contribution < 1.29 is 14.5 Å². The lowest BCUT2D eigenvalue weighted by Gasteiger charge is -2.07. The smallest absolute Gasteiger partial charge is 0.269 e. The van der Waals surface area contributed by atoms with Crippen LogP contribution in [0.2, 0.25) is 0 Å². The summed E-state index contributed by atoms with van der Waals surface area (Å²) >= 11 is 1.36. The minimum atomic E-state index is -0.465. The molecule has 0 spiro atoms. The van der Waals surface area contributed by atoms with Gasteiger partial charge in [0.2, 0.25) is 5.78 Å². The first-order chi connectivity index (χ1) is 9.08. The fourth-order valence-electron chi connectivity index (χ4n) is 1.56. The van der Waals surface area contributed by atoms with E-state index in [1.165, 1.54) is 29.5 Å². The van der Waals surface area contributed by atoms with E-state index in [2.05, 4.69) is 0 Å². The zero-order chi connectivity index (χ0) is 13.8. The van der Waals surface area contributed by atoms with Crippen LogP contribution in [0.4, 0.5) is 5.69 Å². The molecule has 0 aliphatic rings. The zero-order valence-corrected chi connectivity index (χ0v) is 11.0. The number of nitro groups is 1. The summed E-state index contributed by atoms with van der Waals surface area (Å²) in [6.45, 7) is 1.64. The summed E-state index contributed by atoms with van der Waals surface area (Å²) in [6, 6.07) is 7.83. The number of aryl methyl sites for hydroxylation is 1. The number of Topliss-reactive ketones (excluding diaryl/α,β-unsaturated/α-hetero) is 1. The van der Waals surface area contributed by atoms with Gasteiger partial charge in [0, 0.05) is 12.1 Å². The third kappa shape index (κ3) is 3.17. The summed E-state index contributed by atoms with van der Waals surface area (Å²) < 4.78 is 5.39. The fourth-order valence-corrected chi connectivity index (χ4v) is 2.21. The van der Waals surface area contributed by atoms with Crippen LogP contribution in [0.15, 0.2) is 35.7 Å². The third-order valence-corrected chi connectivity index (χ3v) is 3.44. The second kappa shape index (κ2) is 5.62. The number of hydrogen-bond donors (Lipinski definition) is 0. The van der Waals surface area contributed by atoms with Crippen molar-refractivity contribution in [1.29, 1.82) is 0 Å². The number of benzene rings is 1. The molecule has 0 N–H and O–H groups in total. The van der Waals surface area contributed by atoms with E-state index in [1.54, 1.807) is 19.1 Å². The van der Waals surface area contributed by atoms with Crippen molar-refractivity contribution in [2.75, 3.05) is 6.61 Å². The van der Waals surface area contributed by atoms with Gasteiger partial charge in [0.25, 0.3) is 5.69 Å². The van der Waals surface area contributed by atoms with Crippen molar-refractivity contribution in [1.82, 2.24) is 0 Å². The SMILES string of the molecule is Cc1cc([N+](=O)[O-])ccc1OCC(=O)c1cccs1. The topological polar surface area (TPSA) is 69.4 Å². The van der Waals surface area contributed by atoms with E-state index in [1.807, 2.05) is 5.38 Å². The summed E-state index contributed by atoms with van der Waals surface area (Å²) in [5.41, 5.74) is 0.641. The highest BCUT2D eigenvalue weighted by Gasteiger charge is 2.11. The van der Waals surface area contributed by atoms with Gasteiger partial charge in [-0.3, -0.25) is 14.9 Å². The summed E-state index contributed by atoms with van der Waals surface area (Å²) in [5, 5.41) is 12.4. The Balaban J connectivity index is 2.04. The van der Waals surface area contributed by atoms with Crippen LogP contribution < -0.4 is 4.74 Å². The molecule has 0 atom stereocenters. The van der Waals surface area contributed by atoms with E-state index >= 15 is 0 Å². The van der Waals surface area contributed by atoms with Crippen LogP contribution in [0.25, 0.3) is 0 Å². The molecule has 1 aromatic carbocycles. The van der Waals surface area contributed by atoms with E-state index < -0.39 is 4.92 Å². The summed E-state index contributed by atoms with van der Waals surface area (Å²) in [7, 11) is 0. The van der Waals surface area contributed by atoms with Gasteiger partial charge in [-0.05, 0) is 30.0 Å². The van der Waals surface area contributed by atoms with E-state index in [0.717, 1.165) is 0 Å². The first-order valence-electron chi connectivity index (χ1n) is 5.52. The van der Waals surface area contributed by atoms with Gasteiger partial charge >= 0.3 is 0 Å². The molecule has 0 saturated heterocycles. The van der Waals surface area contributed by atoms with Gasteiger partial charge in [-0.15, -0.1) is 11.3 Å². The van der Waals surface area contributed by atoms with E-state index in [4.69, 9.17) is 4.74 Å². The molecule has 1 aromatic heterocycles. The second-order valence-corrected chi connectivity index (χ2v) is 4.84. The number of hydrogen-bond acceptors (Lipinski definition) is 5. The Morgan fingerprint density at radius 2 is 2.21 bits per heavy atom. The first kappa shape index (κ1) is 13.2. The highest BCUT2D eigenvalue weighted by molar-refractivity contribution is 7.12. The predicted molar refractivity (Wildman–Crippen MR) is 72.0 cm³/mol. The van der Waals surface area contributed by atoms with Crippen molar-refractivity contribution in [3.05, 3.63) is 56.3 Å². The number of non-ortho nitro benzene ring substituents is 1. The lowest BCUT2D eigenvalue weighted by atomic mass is 10.2. The minimum absolute atomic E-state index is 0.00873. The largest absolute Gasteiger partial charge is 0.485 e. The van der Waals surface area contributed by atoms with Crippen LogP contribution in [0.3, 0.4) is 0 Å². The average molecular weight is 277 g/mol. The van der Waals surface area contributed by atoms with Gasteiger partial charge in [-0.25, -0.2) is 0 Å². The maximum atomic E-state index is 11.7.